The molecule has 21 heavy (non-hydrogen) atoms. The molecule has 0 aliphatic carbocycles. The summed E-state index contributed by atoms with van der Waals surface area (Å²) in [5.74, 6) is -0.414. The largest absolute Gasteiger partial charge is 0.478 e. The molecule has 1 atom stereocenters. The summed E-state index contributed by atoms with van der Waals surface area (Å²) in [6, 6.07) is 6.74. The standard InChI is InChI=1S/C16H24N2O3/c1-11(2)10-12(3)18-16(21)17-9-8-13-6-4-5-7-14(13)15(19)20/h4-7,11-12H,8-10H2,1-3H3,(H,19,20)(H2,17,18,21). The summed E-state index contributed by atoms with van der Waals surface area (Å²) in [7, 11) is 0. The highest BCUT2D eigenvalue weighted by Crippen LogP contribution is 2.09. The van der Waals surface area contributed by atoms with Crippen LogP contribution < -0.4 is 10.6 Å². The van der Waals surface area contributed by atoms with E-state index in [-0.39, 0.29) is 17.6 Å². The lowest BCUT2D eigenvalue weighted by atomic mass is 10.0. The van der Waals surface area contributed by atoms with Gasteiger partial charge in [0.2, 0.25) is 0 Å². The van der Waals surface area contributed by atoms with Crippen molar-refractivity contribution in [1.82, 2.24) is 10.6 Å². The number of carbonyl (C=O) groups is 2. The number of nitrogens with one attached hydrogen (secondary N) is 2. The van der Waals surface area contributed by atoms with Crippen molar-refractivity contribution in [1.29, 1.82) is 0 Å². The van der Waals surface area contributed by atoms with Crippen molar-refractivity contribution in [3.05, 3.63) is 35.4 Å². The summed E-state index contributed by atoms with van der Waals surface area (Å²) >= 11 is 0. The molecule has 1 rings (SSSR count). The third-order valence-electron chi connectivity index (χ3n) is 3.13. The van der Waals surface area contributed by atoms with Gasteiger partial charge in [0.1, 0.15) is 0 Å². The maximum Gasteiger partial charge on any atom is 0.335 e. The predicted molar refractivity (Wildman–Crippen MR) is 82.6 cm³/mol. The fourth-order valence-corrected chi connectivity index (χ4v) is 2.30. The van der Waals surface area contributed by atoms with Gasteiger partial charge in [-0.1, -0.05) is 32.0 Å². The number of rotatable bonds is 7. The molecule has 0 spiro atoms. The molecule has 0 aliphatic heterocycles. The average molecular weight is 292 g/mol. The normalized spacial score (nSPS) is 12.0. The van der Waals surface area contributed by atoms with E-state index >= 15 is 0 Å². The zero-order valence-corrected chi connectivity index (χ0v) is 12.8. The summed E-state index contributed by atoms with van der Waals surface area (Å²) in [5.41, 5.74) is 1.01. The molecular weight excluding hydrogens is 268 g/mol. The number of carboxylic acid groups (broad SMARTS) is 1. The Kier molecular flexibility index (Phi) is 6.72. The molecule has 3 N–H and O–H groups in total. The monoisotopic (exact) mass is 292 g/mol. The number of carboxylic acids is 1. The molecule has 0 radical (unpaired) electrons. The van der Waals surface area contributed by atoms with Crippen LogP contribution in [0.25, 0.3) is 0 Å². The van der Waals surface area contributed by atoms with E-state index in [9.17, 15) is 9.59 Å². The van der Waals surface area contributed by atoms with Crippen LogP contribution >= 0.6 is 0 Å². The molecular formula is C16H24N2O3. The van der Waals surface area contributed by atoms with E-state index in [0.29, 0.717) is 18.9 Å². The topological polar surface area (TPSA) is 78.4 Å². The Morgan fingerprint density at radius 2 is 1.86 bits per heavy atom. The third kappa shape index (κ3) is 6.29. The highest BCUT2D eigenvalue weighted by molar-refractivity contribution is 5.89. The van der Waals surface area contributed by atoms with Crippen LogP contribution in [0.2, 0.25) is 0 Å². The minimum Gasteiger partial charge on any atom is -0.478 e. The zero-order chi connectivity index (χ0) is 15.8. The Morgan fingerprint density at radius 1 is 1.19 bits per heavy atom. The molecule has 1 unspecified atom stereocenters. The Balaban J connectivity index is 2.40. The van der Waals surface area contributed by atoms with E-state index in [1.54, 1.807) is 24.3 Å². The van der Waals surface area contributed by atoms with Gasteiger partial charge in [-0.3, -0.25) is 0 Å². The Bertz CT molecular complexity index is 486. The van der Waals surface area contributed by atoms with Crippen LogP contribution in [0.4, 0.5) is 4.79 Å². The number of urea groups is 1. The Labute approximate surface area is 125 Å². The highest BCUT2D eigenvalue weighted by atomic mass is 16.4. The molecule has 5 nitrogen and oxygen atoms in total. The molecule has 0 saturated heterocycles. The van der Waals surface area contributed by atoms with Crippen molar-refractivity contribution in [2.45, 2.75) is 39.7 Å². The van der Waals surface area contributed by atoms with Crippen LogP contribution in [0.3, 0.4) is 0 Å². The SMILES string of the molecule is CC(C)CC(C)NC(=O)NCCc1ccccc1C(=O)O. The van der Waals surface area contributed by atoms with Crippen LogP contribution in [0.1, 0.15) is 43.1 Å². The molecule has 1 aromatic rings. The molecule has 0 saturated carbocycles. The number of amides is 2. The first kappa shape index (κ1) is 17.0. The second-order valence-electron chi connectivity index (χ2n) is 5.64. The summed E-state index contributed by atoms with van der Waals surface area (Å²) in [4.78, 5) is 22.8. The van der Waals surface area contributed by atoms with E-state index in [2.05, 4.69) is 24.5 Å². The van der Waals surface area contributed by atoms with Crippen LogP contribution in [0.15, 0.2) is 24.3 Å². The van der Waals surface area contributed by atoms with Gasteiger partial charge in [-0.05, 0) is 37.3 Å². The Morgan fingerprint density at radius 3 is 2.48 bits per heavy atom. The molecule has 5 heteroatoms. The van der Waals surface area contributed by atoms with E-state index in [1.807, 2.05) is 6.92 Å². The number of carbonyl (C=O) groups excluding carboxylic acids is 1. The van der Waals surface area contributed by atoms with Gasteiger partial charge in [0.05, 0.1) is 5.56 Å². The quantitative estimate of drug-likeness (QED) is 0.723. The molecule has 116 valence electrons. The van der Waals surface area contributed by atoms with Gasteiger partial charge in [-0.25, -0.2) is 9.59 Å². The van der Waals surface area contributed by atoms with Crippen molar-refractivity contribution >= 4 is 12.0 Å². The molecule has 1 aromatic carbocycles. The highest BCUT2D eigenvalue weighted by Gasteiger charge is 2.10. The van der Waals surface area contributed by atoms with Crippen LogP contribution in [0, 0.1) is 5.92 Å². The first-order chi connectivity index (χ1) is 9.90. The first-order valence-corrected chi connectivity index (χ1v) is 7.25. The molecule has 2 amide bonds. The van der Waals surface area contributed by atoms with Crippen molar-refractivity contribution < 1.29 is 14.7 Å². The average Bonchev–Trinajstić information content (AvgIpc) is 2.37. The fourth-order valence-electron chi connectivity index (χ4n) is 2.30. The molecule has 0 fully saturated rings. The minimum atomic E-state index is -0.944. The molecule has 0 heterocycles. The minimum absolute atomic E-state index is 0.122. The van der Waals surface area contributed by atoms with Crippen molar-refractivity contribution in [2.75, 3.05) is 6.54 Å². The van der Waals surface area contributed by atoms with Crippen molar-refractivity contribution in [3.63, 3.8) is 0 Å². The van der Waals surface area contributed by atoms with E-state index in [0.717, 1.165) is 12.0 Å². The van der Waals surface area contributed by atoms with Crippen molar-refractivity contribution in [3.8, 4) is 0 Å². The van der Waals surface area contributed by atoms with Crippen LogP contribution in [0.5, 0.6) is 0 Å². The van der Waals surface area contributed by atoms with Gasteiger partial charge in [-0.15, -0.1) is 0 Å². The number of aromatic carboxylic acids is 1. The summed E-state index contributed by atoms with van der Waals surface area (Å²) in [5, 5.41) is 14.7. The van der Waals surface area contributed by atoms with E-state index in [4.69, 9.17) is 5.11 Å². The second kappa shape index (κ2) is 8.29. The summed E-state index contributed by atoms with van der Waals surface area (Å²) in [6.45, 7) is 6.60. The first-order valence-electron chi connectivity index (χ1n) is 7.25. The lowest BCUT2D eigenvalue weighted by molar-refractivity contribution is 0.0695. The molecule has 0 aromatic heterocycles. The zero-order valence-electron chi connectivity index (χ0n) is 12.8. The third-order valence-corrected chi connectivity index (χ3v) is 3.13. The molecule has 0 aliphatic rings. The lowest BCUT2D eigenvalue weighted by Crippen LogP contribution is -2.42. The van der Waals surface area contributed by atoms with E-state index in [1.165, 1.54) is 0 Å². The smallest absolute Gasteiger partial charge is 0.335 e. The van der Waals surface area contributed by atoms with Gasteiger partial charge in [-0.2, -0.15) is 0 Å². The van der Waals surface area contributed by atoms with Gasteiger partial charge >= 0.3 is 12.0 Å². The van der Waals surface area contributed by atoms with Gasteiger partial charge < -0.3 is 15.7 Å². The lowest BCUT2D eigenvalue weighted by Gasteiger charge is -2.16. The van der Waals surface area contributed by atoms with Gasteiger partial charge in [0, 0.05) is 12.6 Å². The number of benzene rings is 1. The van der Waals surface area contributed by atoms with E-state index < -0.39 is 5.97 Å². The van der Waals surface area contributed by atoms with Gasteiger partial charge in [0.25, 0.3) is 0 Å². The summed E-state index contributed by atoms with van der Waals surface area (Å²) < 4.78 is 0. The Hall–Kier alpha value is -2.04. The second-order valence-corrected chi connectivity index (χ2v) is 5.64. The molecule has 0 bridgehead atoms. The van der Waals surface area contributed by atoms with Crippen molar-refractivity contribution in [2.24, 2.45) is 5.92 Å². The summed E-state index contributed by atoms with van der Waals surface area (Å²) in [6.07, 6.45) is 1.42. The predicted octanol–water partition coefficient (Wildman–Crippen LogP) is 2.66. The van der Waals surface area contributed by atoms with Gasteiger partial charge in [0.15, 0.2) is 0 Å². The maximum atomic E-state index is 11.7. The van der Waals surface area contributed by atoms with Crippen LogP contribution in [-0.2, 0) is 6.42 Å². The number of hydrogen-bond donors (Lipinski definition) is 3. The van der Waals surface area contributed by atoms with Crippen LogP contribution in [-0.4, -0.2) is 29.7 Å². The number of hydrogen-bond acceptors (Lipinski definition) is 2. The maximum absolute atomic E-state index is 11.7. The fraction of sp³-hybridized carbons (Fsp3) is 0.500.